The highest BCUT2D eigenvalue weighted by Gasteiger charge is 2.28. The maximum absolute atomic E-state index is 9.98. The molecule has 0 aliphatic rings. The van der Waals surface area contributed by atoms with Crippen LogP contribution in [0.3, 0.4) is 0 Å². The normalized spacial score (nSPS) is 12.8. The highest BCUT2D eigenvalue weighted by Crippen LogP contribution is 2.33. The number of carboxylic acids is 1. The van der Waals surface area contributed by atoms with E-state index in [0.29, 0.717) is 0 Å². The van der Waals surface area contributed by atoms with Gasteiger partial charge in [0.05, 0.1) is 0 Å². The Morgan fingerprint density at radius 2 is 1.91 bits per heavy atom. The van der Waals surface area contributed by atoms with Crippen LogP contribution in [-0.2, 0) is 4.79 Å². The number of carbonyl (C=O) groups is 1. The van der Waals surface area contributed by atoms with Gasteiger partial charge < -0.3 is 5.11 Å². The first-order valence-electron chi connectivity index (χ1n) is 2.44. The number of halogens is 4. The molecule has 0 unspecified atom stereocenters. The average Bonchev–Trinajstić information content (AvgIpc) is 1.84. The lowest BCUT2D eigenvalue weighted by Gasteiger charge is -2.14. The first-order valence-corrected chi connectivity index (χ1v) is 4.07. The summed E-state index contributed by atoms with van der Waals surface area (Å²) in [6.45, 7) is 0. The minimum absolute atomic E-state index is 0.776. The molecular weight excluding hydrogens is 234 g/mol. The molecule has 0 rings (SSSR count). The van der Waals surface area contributed by atoms with Crippen LogP contribution in [0.5, 0.6) is 0 Å². The van der Waals surface area contributed by atoms with E-state index in [1.54, 1.807) is 0 Å². The maximum atomic E-state index is 9.98. The lowest BCUT2D eigenvalue weighted by molar-refractivity contribution is -0.131. The molecule has 6 heteroatoms. The molecule has 0 heterocycles. The van der Waals surface area contributed by atoms with Crippen molar-refractivity contribution in [3.8, 4) is 0 Å². The van der Waals surface area contributed by atoms with Crippen molar-refractivity contribution in [1.82, 2.24) is 0 Å². The van der Waals surface area contributed by atoms with Crippen LogP contribution in [0, 0.1) is 0 Å². The third kappa shape index (κ3) is 4.75. The summed E-state index contributed by atoms with van der Waals surface area (Å²) in [6.07, 6.45) is 1.78. The molecule has 0 radical (unpaired) electrons. The van der Waals surface area contributed by atoms with Crippen LogP contribution >= 0.6 is 46.4 Å². The topological polar surface area (TPSA) is 37.3 Å². The molecule has 0 aromatic rings. The van der Waals surface area contributed by atoms with E-state index in [1.165, 1.54) is 0 Å². The molecule has 0 saturated carbocycles. The Hall–Kier alpha value is 0.370. The average molecular weight is 238 g/mol. The quantitative estimate of drug-likeness (QED) is 0.605. The van der Waals surface area contributed by atoms with E-state index in [4.69, 9.17) is 51.5 Å². The molecule has 0 aliphatic heterocycles. The van der Waals surface area contributed by atoms with Gasteiger partial charge in [0.2, 0.25) is 0 Å². The zero-order valence-corrected chi connectivity index (χ0v) is 8.12. The van der Waals surface area contributed by atoms with Crippen molar-refractivity contribution in [2.24, 2.45) is 0 Å². The molecule has 0 saturated heterocycles. The van der Waals surface area contributed by atoms with Gasteiger partial charge in [-0.05, 0) is 6.08 Å². The Morgan fingerprint density at radius 3 is 2.18 bits per heavy atom. The summed E-state index contributed by atoms with van der Waals surface area (Å²) in [4.78, 5) is 8.91. The molecular formula is C5H4Cl4O2. The van der Waals surface area contributed by atoms with Gasteiger partial charge in [-0.15, -0.1) is 23.2 Å². The van der Waals surface area contributed by atoms with Crippen molar-refractivity contribution in [2.75, 3.05) is 0 Å². The van der Waals surface area contributed by atoms with E-state index in [0.717, 1.165) is 12.2 Å². The fourth-order valence-corrected chi connectivity index (χ4v) is 0.527. The molecule has 0 aromatic heterocycles. The Labute approximate surface area is 83.7 Å². The highest BCUT2D eigenvalue weighted by atomic mass is 35.5. The zero-order valence-electron chi connectivity index (χ0n) is 5.10. The fraction of sp³-hybridized carbons (Fsp3) is 0.400. The summed E-state index contributed by atoms with van der Waals surface area (Å²) < 4.78 is -1.55. The molecule has 2 nitrogen and oxygen atoms in total. The van der Waals surface area contributed by atoms with Gasteiger partial charge in [0.15, 0.2) is 4.33 Å². The molecule has 0 spiro atoms. The van der Waals surface area contributed by atoms with Crippen LogP contribution in [0.4, 0.5) is 0 Å². The number of carboxylic acid groups (broad SMARTS) is 1. The number of allylic oxidation sites excluding steroid dienone is 1. The van der Waals surface area contributed by atoms with Crippen molar-refractivity contribution < 1.29 is 9.90 Å². The van der Waals surface area contributed by atoms with E-state index < -0.39 is 15.1 Å². The number of hydrogen-bond donors (Lipinski definition) is 1. The predicted octanol–water partition coefficient (Wildman–Crippen LogP) is 2.60. The molecule has 0 aromatic carbocycles. The van der Waals surface area contributed by atoms with Gasteiger partial charge in [-0.1, -0.05) is 23.2 Å². The van der Waals surface area contributed by atoms with Gasteiger partial charge in [-0.3, -0.25) is 0 Å². The second kappa shape index (κ2) is 4.41. The zero-order chi connectivity index (χ0) is 9.07. The van der Waals surface area contributed by atoms with Crippen LogP contribution in [0.1, 0.15) is 0 Å². The Morgan fingerprint density at radius 1 is 1.45 bits per heavy atom. The summed E-state index contributed by atoms with van der Waals surface area (Å²) >= 11 is 21.6. The molecule has 1 N–H and O–H groups in total. The minimum Gasteiger partial charge on any atom is -0.478 e. The summed E-state index contributed by atoms with van der Waals surface area (Å²) in [7, 11) is 0. The number of rotatable bonds is 3. The summed E-state index contributed by atoms with van der Waals surface area (Å²) in [5, 5.41) is 8.17. The van der Waals surface area contributed by atoms with Crippen LogP contribution in [-0.4, -0.2) is 20.2 Å². The maximum Gasteiger partial charge on any atom is 0.328 e. The largest absolute Gasteiger partial charge is 0.478 e. The van der Waals surface area contributed by atoms with Crippen molar-refractivity contribution in [2.45, 2.75) is 9.17 Å². The molecule has 0 aliphatic carbocycles. The van der Waals surface area contributed by atoms with Gasteiger partial charge >= 0.3 is 5.97 Å². The van der Waals surface area contributed by atoms with Gasteiger partial charge in [0.25, 0.3) is 0 Å². The summed E-state index contributed by atoms with van der Waals surface area (Å²) in [6, 6.07) is 0. The third-order valence-corrected chi connectivity index (χ3v) is 2.56. The van der Waals surface area contributed by atoms with Crippen LogP contribution < -0.4 is 0 Å². The SMILES string of the molecule is O=C(O)C=CC(Cl)(Cl)C(Cl)Cl. The summed E-state index contributed by atoms with van der Waals surface area (Å²) in [5.41, 5.74) is 0. The van der Waals surface area contributed by atoms with E-state index in [1.807, 2.05) is 0 Å². The second-order valence-electron chi connectivity index (χ2n) is 1.65. The first kappa shape index (κ1) is 11.4. The van der Waals surface area contributed by atoms with Gasteiger partial charge in [-0.2, -0.15) is 0 Å². The van der Waals surface area contributed by atoms with Gasteiger partial charge in [0, 0.05) is 6.08 Å². The fourth-order valence-electron chi connectivity index (χ4n) is 0.255. The molecule has 0 bridgehead atoms. The Bertz CT molecular complexity index is 175. The monoisotopic (exact) mass is 236 g/mol. The number of hydrogen-bond acceptors (Lipinski definition) is 1. The van der Waals surface area contributed by atoms with E-state index in [9.17, 15) is 4.79 Å². The van der Waals surface area contributed by atoms with E-state index in [2.05, 4.69) is 0 Å². The molecule has 64 valence electrons. The van der Waals surface area contributed by atoms with Crippen molar-refractivity contribution >= 4 is 52.4 Å². The lowest BCUT2D eigenvalue weighted by Crippen LogP contribution is -2.18. The van der Waals surface area contributed by atoms with Crippen LogP contribution in [0.15, 0.2) is 12.2 Å². The van der Waals surface area contributed by atoms with Crippen molar-refractivity contribution in [3.63, 3.8) is 0 Å². The lowest BCUT2D eigenvalue weighted by atomic mass is 10.4. The Balaban J connectivity index is 4.23. The van der Waals surface area contributed by atoms with E-state index >= 15 is 0 Å². The van der Waals surface area contributed by atoms with Gasteiger partial charge in [0.1, 0.15) is 4.84 Å². The van der Waals surface area contributed by atoms with Crippen LogP contribution in [0.2, 0.25) is 0 Å². The molecule has 0 amide bonds. The van der Waals surface area contributed by atoms with Gasteiger partial charge in [-0.25, -0.2) is 4.79 Å². The number of alkyl halides is 4. The van der Waals surface area contributed by atoms with Crippen LogP contribution in [0.25, 0.3) is 0 Å². The molecule has 0 atom stereocenters. The molecule has 0 fully saturated rings. The standard InChI is InChI=1S/C5H4Cl4O2/c6-4(7)5(8,9)2-1-3(10)11/h1-2,4H,(H,10,11). The smallest absolute Gasteiger partial charge is 0.328 e. The van der Waals surface area contributed by atoms with E-state index in [-0.39, 0.29) is 0 Å². The molecule has 11 heavy (non-hydrogen) atoms. The minimum atomic E-state index is -1.55. The van der Waals surface area contributed by atoms with Crippen molar-refractivity contribution in [3.05, 3.63) is 12.2 Å². The number of aliphatic carboxylic acids is 1. The predicted molar refractivity (Wildman–Crippen MR) is 46.7 cm³/mol. The third-order valence-electron chi connectivity index (χ3n) is 0.739. The second-order valence-corrected chi connectivity index (χ2v) is 4.19. The Kier molecular flexibility index (Phi) is 4.56. The first-order chi connectivity index (χ1) is 4.86. The van der Waals surface area contributed by atoms with Crippen molar-refractivity contribution in [1.29, 1.82) is 0 Å². The summed E-state index contributed by atoms with van der Waals surface area (Å²) in [5.74, 6) is -1.16. The highest BCUT2D eigenvalue weighted by molar-refractivity contribution is 6.60.